The summed E-state index contributed by atoms with van der Waals surface area (Å²) >= 11 is 5.84. The first-order valence-electron chi connectivity index (χ1n) is 7.34. The lowest BCUT2D eigenvalue weighted by molar-refractivity contribution is -0.148. The van der Waals surface area contributed by atoms with E-state index in [9.17, 15) is 14.7 Å². The molecule has 2 N–H and O–H groups in total. The molecule has 1 aromatic rings. The Balaban J connectivity index is 2.86. The molecule has 0 fully saturated rings. The van der Waals surface area contributed by atoms with Crippen LogP contribution in [0.4, 0.5) is 0 Å². The van der Waals surface area contributed by atoms with Crippen molar-refractivity contribution in [1.82, 2.24) is 5.32 Å². The van der Waals surface area contributed by atoms with Crippen molar-refractivity contribution in [3.8, 4) is 0 Å². The largest absolute Gasteiger partial charge is 0.479 e. The predicted octanol–water partition coefficient (Wildman–Crippen LogP) is 2.96. The fourth-order valence-corrected chi connectivity index (χ4v) is 2.33. The van der Waals surface area contributed by atoms with Crippen molar-refractivity contribution in [2.24, 2.45) is 0 Å². The zero-order valence-corrected chi connectivity index (χ0v) is 13.7. The first-order chi connectivity index (χ1) is 10.5. The first kappa shape index (κ1) is 18.5. The van der Waals surface area contributed by atoms with Gasteiger partial charge in [0, 0.05) is 24.7 Å². The zero-order chi connectivity index (χ0) is 16.6. The standard InChI is InChI=1S/C16H22ClNO4/c1-3-16(15(20)21,12-7-9-13(17)10-8-12)18-14(19)6-5-11-22-4-2/h7-10H,3-6,11H2,1-2H3,(H,18,19)(H,20,21). The van der Waals surface area contributed by atoms with E-state index in [4.69, 9.17) is 16.3 Å². The number of carboxylic acid groups (broad SMARTS) is 1. The number of benzene rings is 1. The Morgan fingerprint density at radius 2 is 1.91 bits per heavy atom. The molecule has 0 bridgehead atoms. The van der Waals surface area contributed by atoms with Crippen LogP contribution in [-0.4, -0.2) is 30.2 Å². The molecule has 0 aromatic heterocycles. The van der Waals surface area contributed by atoms with E-state index in [0.29, 0.717) is 30.2 Å². The van der Waals surface area contributed by atoms with Crippen molar-refractivity contribution < 1.29 is 19.4 Å². The quantitative estimate of drug-likeness (QED) is 0.684. The fraction of sp³-hybridized carbons (Fsp3) is 0.500. The second kappa shape index (κ2) is 8.76. The van der Waals surface area contributed by atoms with Gasteiger partial charge in [-0.3, -0.25) is 4.79 Å². The molecule has 0 heterocycles. The molecule has 122 valence electrons. The molecule has 0 aliphatic heterocycles. The highest BCUT2D eigenvalue weighted by molar-refractivity contribution is 6.30. The van der Waals surface area contributed by atoms with E-state index < -0.39 is 11.5 Å². The maximum absolute atomic E-state index is 12.1. The summed E-state index contributed by atoms with van der Waals surface area (Å²) in [4.78, 5) is 23.8. The fourth-order valence-electron chi connectivity index (χ4n) is 2.21. The van der Waals surface area contributed by atoms with Gasteiger partial charge in [-0.25, -0.2) is 4.79 Å². The number of rotatable bonds is 9. The average molecular weight is 328 g/mol. The van der Waals surface area contributed by atoms with Crippen molar-refractivity contribution in [3.05, 3.63) is 34.9 Å². The van der Waals surface area contributed by atoms with E-state index in [2.05, 4.69) is 5.32 Å². The molecule has 0 aliphatic carbocycles. The molecule has 1 atom stereocenters. The van der Waals surface area contributed by atoms with Crippen molar-refractivity contribution in [3.63, 3.8) is 0 Å². The zero-order valence-electron chi connectivity index (χ0n) is 12.9. The summed E-state index contributed by atoms with van der Waals surface area (Å²) in [5, 5.41) is 12.8. The monoisotopic (exact) mass is 327 g/mol. The van der Waals surface area contributed by atoms with Crippen LogP contribution in [0.25, 0.3) is 0 Å². The Morgan fingerprint density at radius 1 is 1.27 bits per heavy atom. The van der Waals surface area contributed by atoms with Crippen LogP contribution in [-0.2, 0) is 19.9 Å². The van der Waals surface area contributed by atoms with Gasteiger partial charge < -0.3 is 15.2 Å². The molecule has 1 aromatic carbocycles. The van der Waals surface area contributed by atoms with E-state index in [1.807, 2.05) is 6.92 Å². The van der Waals surface area contributed by atoms with Crippen molar-refractivity contribution in [2.45, 2.75) is 38.6 Å². The molecule has 1 amide bonds. The maximum Gasteiger partial charge on any atom is 0.334 e. The van der Waals surface area contributed by atoms with Gasteiger partial charge in [-0.2, -0.15) is 0 Å². The van der Waals surface area contributed by atoms with Gasteiger partial charge in [-0.1, -0.05) is 30.7 Å². The van der Waals surface area contributed by atoms with Crippen LogP contribution in [0.15, 0.2) is 24.3 Å². The number of hydrogen-bond acceptors (Lipinski definition) is 3. The summed E-state index contributed by atoms with van der Waals surface area (Å²) in [6.07, 6.45) is 1.02. The summed E-state index contributed by atoms with van der Waals surface area (Å²) in [5.74, 6) is -1.39. The second-order valence-electron chi connectivity index (χ2n) is 4.92. The molecule has 1 rings (SSSR count). The summed E-state index contributed by atoms with van der Waals surface area (Å²) in [6, 6.07) is 6.48. The van der Waals surface area contributed by atoms with E-state index in [1.165, 1.54) is 0 Å². The maximum atomic E-state index is 12.1. The highest BCUT2D eigenvalue weighted by Crippen LogP contribution is 2.27. The minimum absolute atomic E-state index is 0.225. The topological polar surface area (TPSA) is 75.6 Å². The molecular weight excluding hydrogens is 306 g/mol. The predicted molar refractivity (Wildman–Crippen MR) is 84.9 cm³/mol. The number of nitrogens with one attached hydrogen (secondary N) is 1. The lowest BCUT2D eigenvalue weighted by Crippen LogP contribution is -2.51. The number of hydrogen-bond donors (Lipinski definition) is 2. The van der Waals surface area contributed by atoms with Gasteiger partial charge in [0.25, 0.3) is 0 Å². The summed E-state index contributed by atoms with van der Waals surface area (Å²) in [6.45, 7) is 4.69. The minimum Gasteiger partial charge on any atom is -0.479 e. The van der Waals surface area contributed by atoms with Crippen LogP contribution in [0.1, 0.15) is 38.7 Å². The Morgan fingerprint density at radius 3 is 2.41 bits per heavy atom. The van der Waals surface area contributed by atoms with E-state index >= 15 is 0 Å². The number of halogens is 1. The van der Waals surface area contributed by atoms with Crippen LogP contribution in [0, 0.1) is 0 Å². The third kappa shape index (κ3) is 4.71. The molecule has 22 heavy (non-hydrogen) atoms. The van der Waals surface area contributed by atoms with Gasteiger partial charge in [-0.05, 0) is 37.5 Å². The number of amides is 1. The van der Waals surface area contributed by atoms with Gasteiger partial charge in [0.2, 0.25) is 5.91 Å². The minimum atomic E-state index is -1.44. The summed E-state index contributed by atoms with van der Waals surface area (Å²) in [7, 11) is 0. The molecular formula is C16H22ClNO4. The number of carbonyl (C=O) groups excluding carboxylic acids is 1. The average Bonchev–Trinajstić information content (AvgIpc) is 2.50. The van der Waals surface area contributed by atoms with Crippen molar-refractivity contribution in [2.75, 3.05) is 13.2 Å². The third-order valence-corrected chi connectivity index (χ3v) is 3.73. The highest BCUT2D eigenvalue weighted by atomic mass is 35.5. The smallest absolute Gasteiger partial charge is 0.334 e. The lowest BCUT2D eigenvalue weighted by atomic mass is 9.87. The molecule has 0 spiro atoms. The molecule has 5 nitrogen and oxygen atoms in total. The van der Waals surface area contributed by atoms with Gasteiger partial charge in [0.15, 0.2) is 5.54 Å². The van der Waals surface area contributed by atoms with Crippen LogP contribution < -0.4 is 5.32 Å². The molecule has 0 aliphatic rings. The molecule has 0 radical (unpaired) electrons. The van der Waals surface area contributed by atoms with Gasteiger partial charge in [0.05, 0.1) is 0 Å². The Hall–Kier alpha value is -1.59. The lowest BCUT2D eigenvalue weighted by Gasteiger charge is -2.30. The number of aliphatic carboxylic acids is 1. The molecule has 0 saturated heterocycles. The Bertz CT molecular complexity index is 503. The van der Waals surface area contributed by atoms with Gasteiger partial charge >= 0.3 is 5.97 Å². The van der Waals surface area contributed by atoms with Crippen LogP contribution in [0.2, 0.25) is 5.02 Å². The highest BCUT2D eigenvalue weighted by Gasteiger charge is 2.40. The van der Waals surface area contributed by atoms with Crippen molar-refractivity contribution >= 4 is 23.5 Å². The summed E-state index contributed by atoms with van der Waals surface area (Å²) < 4.78 is 5.17. The van der Waals surface area contributed by atoms with Gasteiger partial charge in [0.1, 0.15) is 0 Å². The van der Waals surface area contributed by atoms with E-state index in [1.54, 1.807) is 31.2 Å². The molecule has 1 unspecified atom stereocenters. The second-order valence-corrected chi connectivity index (χ2v) is 5.36. The van der Waals surface area contributed by atoms with E-state index in [0.717, 1.165) is 0 Å². The number of ether oxygens (including phenoxy) is 1. The number of carboxylic acids is 1. The summed E-state index contributed by atoms with van der Waals surface area (Å²) in [5.41, 5.74) is -0.933. The van der Waals surface area contributed by atoms with Crippen LogP contribution in [0.3, 0.4) is 0 Å². The SMILES string of the molecule is CCOCCCC(=O)NC(CC)(C(=O)O)c1ccc(Cl)cc1. The van der Waals surface area contributed by atoms with E-state index in [-0.39, 0.29) is 18.7 Å². The van der Waals surface area contributed by atoms with Crippen LogP contribution in [0.5, 0.6) is 0 Å². The number of carbonyl (C=O) groups is 2. The van der Waals surface area contributed by atoms with Gasteiger partial charge in [-0.15, -0.1) is 0 Å². The Kier molecular flexibility index (Phi) is 7.35. The van der Waals surface area contributed by atoms with Crippen LogP contribution >= 0.6 is 11.6 Å². The first-order valence-corrected chi connectivity index (χ1v) is 7.72. The normalized spacial score (nSPS) is 13.4. The third-order valence-electron chi connectivity index (χ3n) is 3.48. The molecule has 0 saturated carbocycles. The van der Waals surface area contributed by atoms with Crippen molar-refractivity contribution in [1.29, 1.82) is 0 Å². The Labute approximate surface area is 135 Å². The molecule has 6 heteroatoms.